The van der Waals surface area contributed by atoms with Gasteiger partial charge in [0.2, 0.25) is 5.91 Å². The molecular weight excluding hydrogens is 286 g/mol. The van der Waals surface area contributed by atoms with E-state index in [-0.39, 0.29) is 12.1 Å². The van der Waals surface area contributed by atoms with Gasteiger partial charge in [0.05, 0.1) is 10.7 Å². The van der Waals surface area contributed by atoms with Crippen LogP contribution < -0.4 is 11.1 Å². The Morgan fingerprint density at radius 1 is 1.20 bits per heavy atom. The standard InChI is InChI=1S/C14H11ClF2N2O/c15-11-4-3-10(16)6-13(11)19-7-9-2-1-8(14(18)20)5-12(9)17/h1-6,19H,7H2,(H2,18,20). The summed E-state index contributed by atoms with van der Waals surface area (Å²) in [5, 5.41) is 3.17. The van der Waals surface area contributed by atoms with Crippen LogP contribution >= 0.6 is 11.6 Å². The van der Waals surface area contributed by atoms with Crippen LogP contribution in [0.25, 0.3) is 0 Å². The van der Waals surface area contributed by atoms with Crippen molar-refractivity contribution in [1.29, 1.82) is 0 Å². The maximum Gasteiger partial charge on any atom is 0.248 e. The number of primary amides is 1. The molecule has 20 heavy (non-hydrogen) atoms. The molecule has 0 heterocycles. The molecule has 0 aliphatic carbocycles. The molecule has 0 radical (unpaired) electrons. The van der Waals surface area contributed by atoms with Crippen molar-refractivity contribution in [2.75, 3.05) is 5.32 Å². The van der Waals surface area contributed by atoms with Crippen LogP contribution in [0.3, 0.4) is 0 Å². The monoisotopic (exact) mass is 296 g/mol. The lowest BCUT2D eigenvalue weighted by Gasteiger charge is -2.10. The van der Waals surface area contributed by atoms with E-state index in [2.05, 4.69) is 5.32 Å². The fraction of sp³-hybridized carbons (Fsp3) is 0.0714. The summed E-state index contributed by atoms with van der Waals surface area (Å²) in [6.07, 6.45) is 0. The SMILES string of the molecule is NC(=O)c1ccc(CNc2cc(F)ccc2Cl)c(F)c1. The highest BCUT2D eigenvalue weighted by atomic mass is 35.5. The third-order valence-electron chi connectivity index (χ3n) is 2.74. The van der Waals surface area contributed by atoms with Gasteiger partial charge in [-0.05, 0) is 30.3 Å². The van der Waals surface area contributed by atoms with E-state index >= 15 is 0 Å². The van der Waals surface area contributed by atoms with Gasteiger partial charge in [0.15, 0.2) is 0 Å². The number of benzene rings is 2. The van der Waals surface area contributed by atoms with Gasteiger partial charge in [0, 0.05) is 17.7 Å². The van der Waals surface area contributed by atoms with Crippen molar-refractivity contribution in [3.05, 3.63) is 64.2 Å². The lowest BCUT2D eigenvalue weighted by atomic mass is 10.1. The summed E-state index contributed by atoms with van der Waals surface area (Å²) >= 11 is 5.88. The van der Waals surface area contributed by atoms with E-state index in [1.54, 1.807) is 0 Å². The Morgan fingerprint density at radius 3 is 2.60 bits per heavy atom. The zero-order valence-electron chi connectivity index (χ0n) is 10.3. The molecule has 6 heteroatoms. The smallest absolute Gasteiger partial charge is 0.248 e. The van der Waals surface area contributed by atoms with Crippen LogP contribution in [0.2, 0.25) is 5.02 Å². The zero-order valence-corrected chi connectivity index (χ0v) is 11.0. The van der Waals surface area contributed by atoms with Gasteiger partial charge < -0.3 is 11.1 Å². The number of nitrogens with one attached hydrogen (secondary N) is 1. The summed E-state index contributed by atoms with van der Waals surface area (Å²) in [5.74, 6) is -1.71. The molecule has 3 N–H and O–H groups in total. The van der Waals surface area contributed by atoms with Crippen molar-refractivity contribution in [2.24, 2.45) is 5.73 Å². The van der Waals surface area contributed by atoms with E-state index in [4.69, 9.17) is 17.3 Å². The van der Waals surface area contributed by atoms with Gasteiger partial charge in [-0.25, -0.2) is 8.78 Å². The number of amides is 1. The van der Waals surface area contributed by atoms with Crippen molar-refractivity contribution in [3.8, 4) is 0 Å². The van der Waals surface area contributed by atoms with Crippen LogP contribution in [0.5, 0.6) is 0 Å². The molecule has 1 amide bonds. The van der Waals surface area contributed by atoms with E-state index in [0.29, 0.717) is 16.3 Å². The van der Waals surface area contributed by atoms with Crippen LogP contribution in [0.4, 0.5) is 14.5 Å². The Bertz CT molecular complexity index is 662. The largest absolute Gasteiger partial charge is 0.380 e. The van der Waals surface area contributed by atoms with E-state index in [9.17, 15) is 13.6 Å². The molecule has 2 aromatic rings. The minimum absolute atomic E-state index is 0.0926. The average Bonchev–Trinajstić information content (AvgIpc) is 2.40. The molecule has 0 bridgehead atoms. The van der Waals surface area contributed by atoms with Crippen molar-refractivity contribution in [3.63, 3.8) is 0 Å². The molecule has 0 aliphatic rings. The number of carbonyl (C=O) groups is 1. The van der Waals surface area contributed by atoms with E-state index < -0.39 is 17.5 Å². The Labute approximate surface area is 119 Å². The summed E-state index contributed by atoms with van der Waals surface area (Å²) < 4.78 is 26.8. The summed E-state index contributed by atoms with van der Waals surface area (Å²) in [5.41, 5.74) is 5.83. The molecule has 0 saturated heterocycles. The third kappa shape index (κ3) is 3.24. The van der Waals surface area contributed by atoms with Gasteiger partial charge in [-0.15, -0.1) is 0 Å². The number of halogens is 3. The maximum absolute atomic E-state index is 13.7. The van der Waals surface area contributed by atoms with Gasteiger partial charge in [0.1, 0.15) is 11.6 Å². The van der Waals surface area contributed by atoms with Gasteiger partial charge in [0.25, 0.3) is 0 Å². The highest BCUT2D eigenvalue weighted by molar-refractivity contribution is 6.33. The lowest BCUT2D eigenvalue weighted by Crippen LogP contribution is -2.12. The quantitative estimate of drug-likeness (QED) is 0.909. The number of hydrogen-bond acceptors (Lipinski definition) is 2. The second-order valence-electron chi connectivity index (χ2n) is 4.15. The van der Waals surface area contributed by atoms with Crippen LogP contribution in [0.1, 0.15) is 15.9 Å². The number of carbonyl (C=O) groups excluding carboxylic acids is 1. The average molecular weight is 297 g/mol. The van der Waals surface area contributed by atoms with Crippen molar-refractivity contribution < 1.29 is 13.6 Å². The molecule has 2 aromatic carbocycles. The Morgan fingerprint density at radius 2 is 1.95 bits per heavy atom. The predicted molar refractivity (Wildman–Crippen MR) is 73.7 cm³/mol. The van der Waals surface area contributed by atoms with Crippen molar-refractivity contribution in [2.45, 2.75) is 6.54 Å². The van der Waals surface area contributed by atoms with Gasteiger partial charge in [-0.3, -0.25) is 4.79 Å². The summed E-state index contributed by atoms with van der Waals surface area (Å²) in [4.78, 5) is 10.9. The van der Waals surface area contributed by atoms with E-state index in [1.807, 2.05) is 0 Å². The summed E-state index contributed by atoms with van der Waals surface area (Å²) in [6.45, 7) is 0.105. The van der Waals surface area contributed by atoms with Crippen LogP contribution in [-0.4, -0.2) is 5.91 Å². The lowest BCUT2D eigenvalue weighted by molar-refractivity contribution is 0.1000. The molecule has 0 unspecified atom stereocenters. The first-order chi connectivity index (χ1) is 9.47. The van der Waals surface area contributed by atoms with Crippen molar-refractivity contribution in [1.82, 2.24) is 0 Å². The fourth-order valence-corrected chi connectivity index (χ4v) is 1.85. The molecule has 0 fully saturated rings. The number of nitrogens with two attached hydrogens (primary N) is 1. The maximum atomic E-state index is 13.7. The van der Waals surface area contributed by atoms with Gasteiger partial charge in [-0.1, -0.05) is 17.7 Å². The molecule has 0 spiro atoms. The van der Waals surface area contributed by atoms with Crippen LogP contribution in [-0.2, 0) is 6.54 Å². The van der Waals surface area contributed by atoms with Crippen LogP contribution in [0.15, 0.2) is 36.4 Å². The Kier molecular flexibility index (Phi) is 4.20. The normalized spacial score (nSPS) is 10.3. The number of anilines is 1. The predicted octanol–water partition coefficient (Wildman–Crippen LogP) is 3.33. The molecule has 3 nitrogen and oxygen atoms in total. The zero-order chi connectivity index (χ0) is 14.7. The molecule has 0 aliphatic heterocycles. The first-order valence-electron chi connectivity index (χ1n) is 5.74. The molecule has 2 rings (SSSR count). The summed E-state index contributed by atoms with van der Waals surface area (Å²) in [7, 11) is 0. The number of rotatable bonds is 4. The Balaban J connectivity index is 2.15. The molecule has 104 valence electrons. The molecule has 0 aromatic heterocycles. The molecular formula is C14H11ClF2N2O. The van der Waals surface area contributed by atoms with Gasteiger partial charge in [-0.2, -0.15) is 0 Å². The molecule has 0 saturated carbocycles. The third-order valence-corrected chi connectivity index (χ3v) is 3.06. The minimum atomic E-state index is -0.698. The second kappa shape index (κ2) is 5.88. The Hall–Kier alpha value is -2.14. The first-order valence-corrected chi connectivity index (χ1v) is 6.12. The van der Waals surface area contributed by atoms with Crippen molar-refractivity contribution >= 4 is 23.2 Å². The highest BCUT2D eigenvalue weighted by Gasteiger charge is 2.08. The second-order valence-corrected chi connectivity index (χ2v) is 4.56. The first kappa shape index (κ1) is 14.3. The minimum Gasteiger partial charge on any atom is -0.380 e. The fourth-order valence-electron chi connectivity index (χ4n) is 1.67. The van der Waals surface area contributed by atoms with E-state index in [0.717, 1.165) is 6.07 Å². The van der Waals surface area contributed by atoms with Crippen LogP contribution in [0, 0.1) is 11.6 Å². The number of hydrogen-bond donors (Lipinski definition) is 2. The summed E-state index contributed by atoms with van der Waals surface area (Å²) in [6, 6.07) is 7.79. The van der Waals surface area contributed by atoms with Gasteiger partial charge >= 0.3 is 0 Å². The molecule has 0 atom stereocenters. The topological polar surface area (TPSA) is 55.1 Å². The highest BCUT2D eigenvalue weighted by Crippen LogP contribution is 2.23. The van der Waals surface area contributed by atoms with E-state index in [1.165, 1.54) is 30.3 Å².